The topological polar surface area (TPSA) is 114 Å². The molecule has 3 amide bonds. The van der Waals surface area contributed by atoms with Crippen molar-refractivity contribution in [3.63, 3.8) is 0 Å². The van der Waals surface area contributed by atoms with Crippen molar-refractivity contribution in [2.24, 2.45) is 11.7 Å². The van der Waals surface area contributed by atoms with Gasteiger partial charge in [0.2, 0.25) is 11.8 Å². The van der Waals surface area contributed by atoms with E-state index in [4.69, 9.17) is 10.2 Å². The predicted molar refractivity (Wildman–Crippen MR) is 71.6 cm³/mol. The summed E-state index contributed by atoms with van der Waals surface area (Å²) in [5.74, 6) is -1.25. The molecule has 1 rings (SSSR count). The molecule has 1 aromatic heterocycles. The van der Waals surface area contributed by atoms with E-state index in [0.717, 1.165) is 0 Å². The average molecular weight is 281 g/mol. The first-order valence-electron chi connectivity index (χ1n) is 6.30. The Morgan fingerprint density at radius 3 is 2.55 bits per heavy atom. The third-order valence-electron chi connectivity index (χ3n) is 2.51. The van der Waals surface area contributed by atoms with E-state index in [9.17, 15) is 14.4 Å². The second kappa shape index (κ2) is 7.32. The summed E-state index contributed by atoms with van der Waals surface area (Å²) in [5, 5.41) is 4.96. The fourth-order valence-electron chi connectivity index (χ4n) is 1.64. The van der Waals surface area contributed by atoms with Crippen molar-refractivity contribution in [2.75, 3.05) is 6.54 Å². The minimum absolute atomic E-state index is 0.126. The maximum absolute atomic E-state index is 11.9. The molecule has 7 nitrogen and oxygen atoms in total. The van der Waals surface area contributed by atoms with Gasteiger partial charge in [-0.25, -0.2) is 0 Å². The summed E-state index contributed by atoms with van der Waals surface area (Å²) in [4.78, 5) is 34.5. The summed E-state index contributed by atoms with van der Waals surface area (Å²) in [5.41, 5.74) is 4.96. The van der Waals surface area contributed by atoms with Crippen molar-refractivity contribution in [2.45, 2.75) is 26.3 Å². The van der Waals surface area contributed by atoms with Gasteiger partial charge in [-0.3, -0.25) is 14.4 Å². The van der Waals surface area contributed by atoms with Gasteiger partial charge in [0, 0.05) is 0 Å². The monoisotopic (exact) mass is 281 g/mol. The molecule has 0 aliphatic rings. The van der Waals surface area contributed by atoms with Crippen molar-refractivity contribution < 1.29 is 18.8 Å². The molecule has 0 aliphatic heterocycles. The van der Waals surface area contributed by atoms with Crippen molar-refractivity contribution in [1.82, 2.24) is 10.6 Å². The standard InChI is InChI=1S/C13H19N3O4/c1-8(2)6-9(12(18)15-7-11(14)17)16-13(19)10-4-3-5-20-10/h3-5,8-9H,6-7H2,1-2H3,(H2,14,17)(H,15,18)(H,16,19)/t9-/m0/s1. The van der Waals surface area contributed by atoms with Crippen molar-refractivity contribution in [3.8, 4) is 0 Å². The number of hydrogen-bond donors (Lipinski definition) is 3. The first-order valence-corrected chi connectivity index (χ1v) is 6.30. The Hall–Kier alpha value is -2.31. The number of hydrogen-bond acceptors (Lipinski definition) is 4. The molecule has 0 bridgehead atoms. The summed E-state index contributed by atoms with van der Waals surface area (Å²) in [6.45, 7) is 3.59. The van der Waals surface area contributed by atoms with E-state index in [1.807, 2.05) is 13.8 Å². The predicted octanol–water partition coefficient (Wildman–Crippen LogP) is 0.0256. The number of carbonyl (C=O) groups excluding carboxylic acids is 3. The van der Waals surface area contributed by atoms with Gasteiger partial charge in [-0.1, -0.05) is 13.8 Å². The fourth-order valence-corrected chi connectivity index (χ4v) is 1.64. The van der Waals surface area contributed by atoms with E-state index >= 15 is 0 Å². The highest BCUT2D eigenvalue weighted by atomic mass is 16.3. The van der Waals surface area contributed by atoms with E-state index in [0.29, 0.717) is 6.42 Å². The van der Waals surface area contributed by atoms with E-state index in [-0.39, 0.29) is 18.2 Å². The number of primary amides is 1. The molecule has 0 unspecified atom stereocenters. The van der Waals surface area contributed by atoms with Crippen LogP contribution in [-0.4, -0.2) is 30.3 Å². The molecular formula is C13H19N3O4. The van der Waals surface area contributed by atoms with Crippen LogP contribution >= 0.6 is 0 Å². The van der Waals surface area contributed by atoms with Crippen LogP contribution in [0.4, 0.5) is 0 Å². The molecule has 1 heterocycles. The Kier molecular flexibility index (Phi) is 5.76. The van der Waals surface area contributed by atoms with Crippen LogP contribution in [0.1, 0.15) is 30.8 Å². The zero-order valence-electron chi connectivity index (χ0n) is 11.5. The maximum Gasteiger partial charge on any atom is 0.287 e. The summed E-state index contributed by atoms with van der Waals surface area (Å²) >= 11 is 0. The minimum Gasteiger partial charge on any atom is -0.459 e. The van der Waals surface area contributed by atoms with Gasteiger partial charge in [0.1, 0.15) is 6.04 Å². The van der Waals surface area contributed by atoms with Crippen LogP contribution in [0.3, 0.4) is 0 Å². The molecule has 1 atom stereocenters. The van der Waals surface area contributed by atoms with Gasteiger partial charge in [-0.05, 0) is 24.5 Å². The quantitative estimate of drug-likeness (QED) is 0.653. The molecule has 7 heteroatoms. The van der Waals surface area contributed by atoms with Gasteiger partial charge >= 0.3 is 0 Å². The van der Waals surface area contributed by atoms with E-state index in [1.165, 1.54) is 12.3 Å². The molecule has 0 saturated heterocycles. The van der Waals surface area contributed by atoms with Gasteiger partial charge < -0.3 is 20.8 Å². The molecule has 4 N–H and O–H groups in total. The van der Waals surface area contributed by atoms with E-state index < -0.39 is 23.8 Å². The summed E-state index contributed by atoms with van der Waals surface area (Å²) in [6, 6.07) is 2.34. The van der Waals surface area contributed by atoms with Crippen molar-refractivity contribution in [3.05, 3.63) is 24.2 Å². The van der Waals surface area contributed by atoms with Crippen molar-refractivity contribution in [1.29, 1.82) is 0 Å². The summed E-state index contributed by atoms with van der Waals surface area (Å²) in [6.07, 6.45) is 1.82. The third kappa shape index (κ3) is 5.13. The van der Waals surface area contributed by atoms with E-state index in [2.05, 4.69) is 10.6 Å². The van der Waals surface area contributed by atoms with Gasteiger partial charge in [0.15, 0.2) is 5.76 Å². The molecular weight excluding hydrogens is 262 g/mol. The Morgan fingerprint density at radius 2 is 2.05 bits per heavy atom. The lowest BCUT2D eigenvalue weighted by Gasteiger charge is -2.19. The van der Waals surface area contributed by atoms with Crippen molar-refractivity contribution >= 4 is 17.7 Å². The smallest absolute Gasteiger partial charge is 0.287 e. The number of amides is 3. The highest BCUT2D eigenvalue weighted by molar-refractivity contribution is 5.96. The number of nitrogens with one attached hydrogen (secondary N) is 2. The second-order valence-corrected chi connectivity index (χ2v) is 4.82. The summed E-state index contributed by atoms with van der Waals surface area (Å²) < 4.78 is 4.96. The average Bonchev–Trinajstić information content (AvgIpc) is 2.88. The molecule has 0 fully saturated rings. The lowest BCUT2D eigenvalue weighted by molar-refractivity contribution is -0.126. The molecule has 0 aromatic carbocycles. The highest BCUT2D eigenvalue weighted by Gasteiger charge is 2.23. The first-order chi connectivity index (χ1) is 9.40. The minimum atomic E-state index is -0.744. The number of rotatable bonds is 7. The lowest BCUT2D eigenvalue weighted by Crippen LogP contribution is -2.49. The fraction of sp³-hybridized carbons (Fsp3) is 0.462. The van der Waals surface area contributed by atoms with Crippen LogP contribution < -0.4 is 16.4 Å². The normalized spacial score (nSPS) is 11.9. The van der Waals surface area contributed by atoms with Crippen LogP contribution in [0.15, 0.2) is 22.8 Å². The molecule has 0 radical (unpaired) electrons. The van der Waals surface area contributed by atoms with Gasteiger partial charge in [-0.2, -0.15) is 0 Å². The van der Waals surface area contributed by atoms with Gasteiger partial charge in [0.05, 0.1) is 12.8 Å². The lowest BCUT2D eigenvalue weighted by atomic mass is 10.0. The maximum atomic E-state index is 11.9. The zero-order chi connectivity index (χ0) is 15.1. The summed E-state index contributed by atoms with van der Waals surface area (Å²) in [7, 11) is 0. The molecule has 20 heavy (non-hydrogen) atoms. The Labute approximate surface area is 116 Å². The van der Waals surface area contributed by atoms with Gasteiger partial charge in [0.25, 0.3) is 5.91 Å². The highest BCUT2D eigenvalue weighted by Crippen LogP contribution is 2.07. The van der Waals surface area contributed by atoms with Crippen LogP contribution in [0.2, 0.25) is 0 Å². The Balaban J connectivity index is 2.66. The number of furan rings is 1. The molecule has 0 spiro atoms. The van der Waals surface area contributed by atoms with Crippen LogP contribution in [0.5, 0.6) is 0 Å². The first kappa shape index (κ1) is 15.7. The zero-order valence-corrected chi connectivity index (χ0v) is 11.5. The molecule has 1 aromatic rings. The number of carbonyl (C=O) groups is 3. The number of nitrogens with two attached hydrogens (primary N) is 1. The molecule has 110 valence electrons. The van der Waals surface area contributed by atoms with Crippen LogP contribution in [0.25, 0.3) is 0 Å². The van der Waals surface area contributed by atoms with Crippen LogP contribution in [-0.2, 0) is 9.59 Å². The second-order valence-electron chi connectivity index (χ2n) is 4.82. The Morgan fingerprint density at radius 1 is 1.35 bits per heavy atom. The third-order valence-corrected chi connectivity index (χ3v) is 2.51. The largest absolute Gasteiger partial charge is 0.459 e. The SMILES string of the molecule is CC(C)C[C@H](NC(=O)c1ccco1)C(=O)NCC(N)=O. The molecule has 0 saturated carbocycles. The Bertz CT molecular complexity index is 468. The van der Waals surface area contributed by atoms with E-state index in [1.54, 1.807) is 6.07 Å². The molecule has 0 aliphatic carbocycles. The van der Waals surface area contributed by atoms with Crippen LogP contribution in [0, 0.1) is 5.92 Å². The van der Waals surface area contributed by atoms with Gasteiger partial charge in [-0.15, -0.1) is 0 Å².